The van der Waals surface area contributed by atoms with E-state index in [1.54, 1.807) is 47.1 Å². The molecule has 1 amide bonds. The van der Waals surface area contributed by atoms with Gasteiger partial charge in [-0.2, -0.15) is 5.10 Å². The summed E-state index contributed by atoms with van der Waals surface area (Å²) in [4.78, 5) is 30.5. The maximum atomic E-state index is 12.7. The van der Waals surface area contributed by atoms with Crippen molar-refractivity contribution in [3.8, 4) is 5.69 Å². The van der Waals surface area contributed by atoms with Crippen LogP contribution in [0.15, 0.2) is 67.3 Å². The van der Waals surface area contributed by atoms with Crippen LogP contribution in [0.5, 0.6) is 0 Å². The van der Waals surface area contributed by atoms with Crippen LogP contribution in [0.3, 0.4) is 0 Å². The van der Waals surface area contributed by atoms with Crippen molar-refractivity contribution in [2.24, 2.45) is 0 Å². The van der Waals surface area contributed by atoms with E-state index < -0.39 is 12.1 Å². The second kappa shape index (κ2) is 8.27. The van der Waals surface area contributed by atoms with Crippen molar-refractivity contribution in [3.63, 3.8) is 0 Å². The normalized spacial score (nSPS) is 11.6. The van der Waals surface area contributed by atoms with Gasteiger partial charge in [-0.05, 0) is 50.2 Å². The van der Waals surface area contributed by atoms with E-state index in [0.717, 1.165) is 11.4 Å². The molecule has 1 heterocycles. The van der Waals surface area contributed by atoms with Gasteiger partial charge in [0.2, 0.25) is 0 Å². The minimum absolute atomic E-state index is 0.267. The third-order valence-corrected chi connectivity index (χ3v) is 4.07. The van der Waals surface area contributed by atoms with Gasteiger partial charge in [0.1, 0.15) is 12.7 Å². The van der Waals surface area contributed by atoms with Gasteiger partial charge in [-0.1, -0.05) is 18.2 Å². The van der Waals surface area contributed by atoms with E-state index in [0.29, 0.717) is 12.1 Å². The summed E-state index contributed by atoms with van der Waals surface area (Å²) < 4.78 is 6.95. The molecule has 2 aromatic carbocycles. The first kappa shape index (κ1) is 18.3. The van der Waals surface area contributed by atoms with Crippen LogP contribution in [0.4, 0.5) is 5.69 Å². The third kappa shape index (κ3) is 4.20. The first-order chi connectivity index (χ1) is 13.1. The fourth-order valence-corrected chi connectivity index (χ4v) is 2.66. The molecule has 27 heavy (non-hydrogen) atoms. The summed E-state index contributed by atoms with van der Waals surface area (Å²) >= 11 is 0. The molecule has 1 aromatic heterocycles. The van der Waals surface area contributed by atoms with Crippen molar-refractivity contribution in [2.75, 3.05) is 11.4 Å². The summed E-state index contributed by atoms with van der Waals surface area (Å²) in [6.07, 6.45) is 2.10. The molecule has 7 nitrogen and oxygen atoms in total. The molecule has 0 spiro atoms. The molecule has 3 aromatic rings. The van der Waals surface area contributed by atoms with E-state index in [1.807, 2.05) is 37.3 Å². The number of anilines is 1. The second-order valence-electron chi connectivity index (χ2n) is 5.85. The zero-order chi connectivity index (χ0) is 19.2. The summed E-state index contributed by atoms with van der Waals surface area (Å²) in [6.45, 7) is 3.94. The highest BCUT2D eigenvalue weighted by Crippen LogP contribution is 2.16. The summed E-state index contributed by atoms with van der Waals surface area (Å²) in [5.41, 5.74) is 1.90. The van der Waals surface area contributed by atoms with Gasteiger partial charge >= 0.3 is 5.97 Å². The zero-order valence-electron chi connectivity index (χ0n) is 15.1. The van der Waals surface area contributed by atoms with Crippen LogP contribution in [-0.4, -0.2) is 39.3 Å². The molecule has 0 N–H and O–H groups in total. The topological polar surface area (TPSA) is 77.3 Å². The Balaban J connectivity index is 1.67. The van der Waals surface area contributed by atoms with Crippen LogP contribution in [0.2, 0.25) is 0 Å². The average Bonchev–Trinajstić information content (AvgIpc) is 3.24. The van der Waals surface area contributed by atoms with Crippen molar-refractivity contribution in [1.29, 1.82) is 0 Å². The standard InChI is InChI=1S/C20H20N4O3/c1-3-23(17-7-5-4-6-8-17)19(25)15(2)27-20(26)16-9-11-18(12-10-16)24-14-21-13-22-24/h4-15H,3H2,1-2H3/t15-/m1/s1. The van der Waals surface area contributed by atoms with Crippen LogP contribution in [-0.2, 0) is 9.53 Å². The Morgan fingerprint density at radius 2 is 1.81 bits per heavy atom. The molecule has 0 saturated heterocycles. The van der Waals surface area contributed by atoms with E-state index in [2.05, 4.69) is 10.1 Å². The van der Waals surface area contributed by atoms with Gasteiger partial charge in [0.15, 0.2) is 6.10 Å². The van der Waals surface area contributed by atoms with E-state index in [-0.39, 0.29) is 5.91 Å². The molecule has 0 bridgehead atoms. The predicted octanol–water partition coefficient (Wildman–Crippen LogP) is 2.87. The average molecular weight is 364 g/mol. The monoisotopic (exact) mass is 364 g/mol. The molecule has 3 rings (SSSR count). The molecule has 7 heteroatoms. The largest absolute Gasteiger partial charge is 0.449 e. The Labute approximate surface area is 157 Å². The molecular weight excluding hydrogens is 344 g/mol. The van der Waals surface area contributed by atoms with Crippen LogP contribution in [0, 0.1) is 0 Å². The number of amides is 1. The number of hydrogen-bond donors (Lipinski definition) is 0. The molecule has 0 radical (unpaired) electrons. The van der Waals surface area contributed by atoms with Crippen LogP contribution in [0.25, 0.3) is 5.69 Å². The number of aromatic nitrogens is 3. The number of nitrogens with zero attached hydrogens (tertiary/aromatic N) is 4. The van der Waals surface area contributed by atoms with Crippen molar-refractivity contribution >= 4 is 17.6 Å². The highest BCUT2D eigenvalue weighted by molar-refractivity contribution is 5.99. The van der Waals surface area contributed by atoms with Crippen molar-refractivity contribution in [3.05, 3.63) is 72.8 Å². The lowest BCUT2D eigenvalue weighted by Gasteiger charge is -2.24. The number of carbonyl (C=O) groups is 2. The van der Waals surface area contributed by atoms with Crippen LogP contribution < -0.4 is 4.90 Å². The summed E-state index contributed by atoms with van der Waals surface area (Å²) in [5, 5.41) is 4.03. The van der Waals surface area contributed by atoms with Crippen molar-refractivity contribution in [1.82, 2.24) is 14.8 Å². The SMILES string of the molecule is CCN(C(=O)[C@@H](C)OC(=O)c1ccc(-n2cncn2)cc1)c1ccccc1. The maximum absolute atomic E-state index is 12.7. The third-order valence-electron chi connectivity index (χ3n) is 4.07. The Bertz CT molecular complexity index is 893. The van der Waals surface area contributed by atoms with E-state index >= 15 is 0 Å². The van der Waals surface area contributed by atoms with Gasteiger partial charge in [-0.15, -0.1) is 0 Å². The van der Waals surface area contributed by atoms with E-state index in [4.69, 9.17) is 4.74 Å². The van der Waals surface area contributed by atoms with E-state index in [1.165, 1.54) is 6.33 Å². The molecule has 1 atom stereocenters. The Morgan fingerprint density at radius 3 is 2.41 bits per heavy atom. The fraction of sp³-hybridized carbons (Fsp3) is 0.200. The highest BCUT2D eigenvalue weighted by atomic mass is 16.5. The quantitative estimate of drug-likeness (QED) is 0.629. The van der Waals surface area contributed by atoms with Gasteiger partial charge in [0.05, 0.1) is 11.3 Å². The predicted molar refractivity (Wildman–Crippen MR) is 101 cm³/mol. The first-order valence-corrected chi connectivity index (χ1v) is 8.62. The number of carbonyl (C=O) groups excluding carboxylic acids is 2. The molecule has 0 saturated carbocycles. The van der Waals surface area contributed by atoms with Gasteiger partial charge in [-0.25, -0.2) is 14.5 Å². The van der Waals surface area contributed by atoms with Gasteiger partial charge in [0.25, 0.3) is 5.91 Å². The molecule has 0 aliphatic carbocycles. The number of benzene rings is 2. The lowest BCUT2D eigenvalue weighted by molar-refractivity contribution is -0.126. The number of para-hydroxylation sites is 1. The summed E-state index contributed by atoms with van der Waals surface area (Å²) in [5.74, 6) is -0.818. The molecular formula is C20H20N4O3. The molecule has 138 valence electrons. The minimum Gasteiger partial charge on any atom is -0.449 e. The number of hydrogen-bond acceptors (Lipinski definition) is 5. The Hall–Kier alpha value is -3.48. The number of likely N-dealkylation sites (N-methyl/N-ethyl adjacent to an activating group) is 1. The van der Waals surface area contributed by atoms with Crippen LogP contribution >= 0.6 is 0 Å². The smallest absolute Gasteiger partial charge is 0.338 e. The van der Waals surface area contributed by atoms with Gasteiger partial charge in [0, 0.05) is 12.2 Å². The molecule has 0 aliphatic heterocycles. The lowest BCUT2D eigenvalue weighted by atomic mass is 10.2. The number of esters is 1. The van der Waals surface area contributed by atoms with Gasteiger partial charge < -0.3 is 9.64 Å². The summed E-state index contributed by atoms with van der Waals surface area (Å²) in [7, 11) is 0. The maximum Gasteiger partial charge on any atom is 0.338 e. The molecule has 0 aliphatic rings. The number of rotatable bonds is 6. The highest BCUT2D eigenvalue weighted by Gasteiger charge is 2.24. The summed E-state index contributed by atoms with van der Waals surface area (Å²) in [6, 6.07) is 16.0. The first-order valence-electron chi connectivity index (χ1n) is 8.62. The zero-order valence-corrected chi connectivity index (χ0v) is 15.1. The van der Waals surface area contributed by atoms with Gasteiger partial charge in [-0.3, -0.25) is 4.79 Å². The second-order valence-corrected chi connectivity index (χ2v) is 5.85. The fourth-order valence-electron chi connectivity index (χ4n) is 2.66. The Morgan fingerprint density at radius 1 is 1.11 bits per heavy atom. The molecule has 0 unspecified atom stereocenters. The van der Waals surface area contributed by atoms with Crippen molar-refractivity contribution < 1.29 is 14.3 Å². The van der Waals surface area contributed by atoms with Crippen molar-refractivity contribution in [2.45, 2.75) is 20.0 Å². The molecule has 0 fully saturated rings. The Kier molecular flexibility index (Phi) is 5.61. The lowest BCUT2D eigenvalue weighted by Crippen LogP contribution is -2.40. The number of ether oxygens (including phenoxy) is 1. The van der Waals surface area contributed by atoms with E-state index in [9.17, 15) is 9.59 Å². The minimum atomic E-state index is -0.896. The van der Waals surface area contributed by atoms with Crippen LogP contribution in [0.1, 0.15) is 24.2 Å².